The number of amides is 1. The van der Waals surface area contributed by atoms with Crippen molar-refractivity contribution < 1.29 is 4.79 Å². The van der Waals surface area contributed by atoms with Gasteiger partial charge in [-0.3, -0.25) is 10.5 Å². The number of carbonyl (C=O) groups is 1. The molecule has 0 heterocycles. The molecule has 0 aliphatic rings. The number of hydrogen-bond donors (Lipinski definition) is 0. The molecule has 0 bridgehead atoms. The summed E-state index contributed by atoms with van der Waals surface area (Å²) in [6.07, 6.45) is 3.31. The Labute approximate surface area is 67.9 Å². The van der Waals surface area contributed by atoms with E-state index in [2.05, 4.69) is 0 Å². The summed E-state index contributed by atoms with van der Waals surface area (Å²) in [5.74, 6) is -0.569. The van der Waals surface area contributed by atoms with Crippen LogP contribution < -0.4 is 5.73 Å². The van der Waals surface area contributed by atoms with Gasteiger partial charge in [0.15, 0.2) is 0 Å². The fraction of sp³-hybridized carbons (Fsp3) is 0.625. The third-order valence-electron chi connectivity index (χ3n) is 1.23. The summed E-state index contributed by atoms with van der Waals surface area (Å²) in [6, 6.07) is 0. The van der Waals surface area contributed by atoms with Gasteiger partial charge in [0.05, 0.1) is 0 Å². The normalized spacial score (nSPS) is 11.4. The van der Waals surface area contributed by atoms with Crippen molar-refractivity contribution in [3.05, 3.63) is 11.8 Å². The van der Waals surface area contributed by atoms with Gasteiger partial charge in [-0.25, -0.2) is 0 Å². The van der Waals surface area contributed by atoms with Gasteiger partial charge in [0.1, 0.15) is 0 Å². The predicted octanol–water partition coefficient (Wildman–Crippen LogP) is 1.04. The maximum atomic E-state index is 10.6. The third-order valence-corrected chi connectivity index (χ3v) is 1.23. The van der Waals surface area contributed by atoms with E-state index in [-0.39, 0.29) is 0 Å². The maximum Gasteiger partial charge on any atom is 0.267 e. The molecule has 3 heteroatoms. The van der Waals surface area contributed by atoms with Crippen LogP contribution in [0.4, 0.5) is 0 Å². The summed E-state index contributed by atoms with van der Waals surface area (Å²) in [5, 5.41) is 0. The second kappa shape index (κ2) is 4.77. The van der Waals surface area contributed by atoms with Crippen molar-refractivity contribution in [1.82, 2.24) is 10.6 Å². The maximum absolute atomic E-state index is 10.6. The van der Waals surface area contributed by atoms with Crippen molar-refractivity contribution in [3.63, 3.8) is 0 Å². The van der Waals surface area contributed by atoms with E-state index >= 15 is 0 Å². The van der Waals surface area contributed by atoms with Gasteiger partial charge in [0.25, 0.3) is 5.91 Å². The van der Waals surface area contributed by atoms with Gasteiger partial charge < -0.3 is 4.90 Å². The van der Waals surface area contributed by atoms with E-state index in [0.717, 1.165) is 6.42 Å². The molecule has 1 radical (unpaired) electrons. The molecule has 0 rings (SSSR count). The summed E-state index contributed by atoms with van der Waals surface area (Å²) >= 11 is 0. The molecule has 63 valence electrons. The Hall–Kier alpha value is -0.990. The van der Waals surface area contributed by atoms with Crippen LogP contribution in [0, 0.1) is 0 Å². The Bertz CT molecular complexity index is 161. The highest BCUT2D eigenvalue weighted by atomic mass is 16.1. The lowest BCUT2D eigenvalue weighted by atomic mass is 10.1. The zero-order valence-electron chi connectivity index (χ0n) is 7.35. The van der Waals surface area contributed by atoms with E-state index in [9.17, 15) is 4.79 Å². The molecular formula is C8H15N2O. The van der Waals surface area contributed by atoms with Crippen LogP contribution in [-0.2, 0) is 4.79 Å². The Morgan fingerprint density at radius 1 is 1.55 bits per heavy atom. The summed E-state index contributed by atoms with van der Waals surface area (Å²) in [7, 11) is 3.69. The first kappa shape index (κ1) is 10.0. The zero-order valence-corrected chi connectivity index (χ0v) is 7.35. The molecule has 0 saturated heterocycles. The van der Waals surface area contributed by atoms with Crippen molar-refractivity contribution in [2.45, 2.75) is 19.8 Å². The average molecular weight is 155 g/mol. The van der Waals surface area contributed by atoms with Gasteiger partial charge in [0.2, 0.25) is 0 Å². The van der Waals surface area contributed by atoms with Crippen LogP contribution in [-0.4, -0.2) is 24.9 Å². The highest BCUT2D eigenvalue weighted by molar-refractivity contribution is 5.91. The number of nitrogens with one attached hydrogen (secondary N) is 1. The van der Waals surface area contributed by atoms with Gasteiger partial charge in [-0.2, -0.15) is 0 Å². The van der Waals surface area contributed by atoms with Crippen LogP contribution in [0.2, 0.25) is 0 Å². The van der Waals surface area contributed by atoms with Crippen molar-refractivity contribution in [2.24, 2.45) is 0 Å². The van der Waals surface area contributed by atoms with Crippen molar-refractivity contribution in [1.29, 1.82) is 0 Å². The SMILES string of the molecule is CCCC(=CN(C)C)C([NH])=O. The lowest BCUT2D eigenvalue weighted by Crippen LogP contribution is -2.09. The smallest absolute Gasteiger partial charge is 0.267 e. The molecule has 0 unspecified atom stereocenters. The standard InChI is InChI=1S/C8H15N2O/c1-4-5-7(8(9)11)6-10(2)3/h6,9H,4-5H2,1-3H3. The number of hydrogen-bond acceptors (Lipinski definition) is 2. The second-order valence-electron chi connectivity index (χ2n) is 2.70. The highest BCUT2D eigenvalue weighted by Gasteiger charge is 2.03. The van der Waals surface area contributed by atoms with Crippen LogP contribution >= 0.6 is 0 Å². The Morgan fingerprint density at radius 3 is 2.36 bits per heavy atom. The van der Waals surface area contributed by atoms with Crippen LogP contribution in [0.1, 0.15) is 19.8 Å². The van der Waals surface area contributed by atoms with Crippen molar-refractivity contribution in [3.8, 4) is 0 Å². The van der Waals surface area contributed by atoms with Gasteiger partial charge >= 0.3 is 0 Å². The minimum Gasteiger partial charge on any atom is -0.383 e. The average Bonchev–Trinajstić information content (AvgIpc) is 1.86. The summed E-state index contributed by atoms with van der Waals surface area (Å²) in [5.41, 5.74) is 7.48. The molecule has 0 aromatic heterocycles. The van der Waals surface area contributed by atoms with Gasteiger partial charge in [-0.1, -0.05) is 13.3 Å². The molecule has 0 aromatic rings. The van der Waals surface area contributed by atoms with E-state index in [1.165, 1.54) is 0 Å². The molecule has 0 atom stereocenters. The number of nitrogens with zero attached hydrogens (tertiary/aromatic N) is 1. The van der Waals surface area contributed by atoms with E-state index in [4.69, 9.17) is 5.73 Å². The van der Waals surface area contributed by atoms with Crippen LogP contribution in [0.3, 0.4) is 0 Å². The molecular weight excluding hydrogens is 140 g/mol. The van der Waals surface area contributed by atoms with Crippen LogP contribution in [0.15, 0.2) is 11.8 Å². The molecule has 1 N–H and O–H groups in total. The van der Waals surface area contributed by atoms with E-state index in [1.54, 1.807) is 11.1 Å². The Balaban J connectivity index is 4.20. The van der Waals surface area contributed by atoms with Gasteiger partial charge in [0, 0.05) is 25.9 Å². The topological polar surface area (TPSA) is 44.1 Å². The molecule has 0 aliphatic heterocycles. The highest BCUT2D eigenvalue weighted by Crippen LogP contribution is 2.04. The first-order valence-electron chi connectivity index (χ1n) is 3.71. The summed E-state index contributed by atoms with van der Waals surface area (Å²) < 4.78 is 0. The molecule has 0 aromatic carbocycles. The fourth-order valence-electron chi connectivity index (χ4n) is 0.818. The minimum atomic E-state index is -0.569. The van der Waals surface area contributed by atoms with Crippen LogP contribution in [0.25, 0.3) is 0 Å². The summed E-state index contributed by atoms with van der Waals surface area (Å²) in [4.78, 5) is 12.4. The predicted molar refractivity (Wildman–Crippen MR) is 44.8 cm³/mol. The molecule has 11 heavy (non-hydrogen) atoms. The van der Waals surface area contributed by atoms with E-state index < -0.39 is 5.91 Å². The zero-order chi connectivity index (χ0) is 8.85. The Kier molecular flexibility index (Phi) is 4.34. The molecule has 1 amide bonds. The molecule has 0 fully saturated rings. The van der Waals surface area contributed by atoms with Crippen LogP contribution in [0.5, 0.6) is 0 Å². The Morgan fingerprint density at radius 2 is 2.09 bits per heavy atom. The third kappa shape index (κ3) is 4.42. The molecule has 0 saturated carbocycles. The van der Waals surface area contributed by atoms with E-state index in [1.807, 2.05) is 21.0 Å². The molecule has 0 spiro atoms. The monoisotopic (exact) mass is 155 g/mol. The lowest BCUT2D eigenvalue weighted by Gasteiger charge is -2.07. The molecule has 0 aliphatic carbocycles. The quantitative estimate of drug-likeness (QED) is 0.569. The fourth-order valence-corrected chi connectivity index (χ4v) is 0.818. The largest absolute Gasteiger partial charge is 0.383 e. The second-order valence-corrected chi connectivity index (χ2v) is 2.70. The summed E-state index contributed by atoms with van der Waals surface area (Å²) in [6.45, 7) is 1.99. The number of carbonyl (C=O) groups excluding carboxylic acids is 1. The van der Waals surface area contributed by atoms with Gasteiger partial charge in [-0.05, 0) is 6.42 Å². The first-order valence-corrected chi connectivity index (χ1v) is 3.71. The van der Waals surface area contributed by atoms with Gasteiger partial charge in [-0.15, -0.1) is 0 Å². The van der Waals surface area contributed by atoms with Crippen molar-refractivity contribution in [2.75, 3.05) is 14.1 Å². The van der Waals surface area contributed by atoms with Crippen molar-refractivity contribution >= 4 is 5.91 Å². The van der Waals surface area contributed by atoms with E-state index in [0.29, 0.717) is 12.0 Å². The molecule has 3 nitrogen and oxygen atoms in total. The lowest BCUT2D eigenvalue weighted by molar-refractivity contribution is -0.115. The first-order chi connectivity index (χ1) is 5.07. The number of rotatable bonds is 4. The minimum absolute atomic E-state index is 0.569.